The van der Waals surface area contributed by atoms with E-state index in [2.05, 4.69) is 5.43 Å². The van der Waals surface area contributed by atoms with E-state index in [0.717, 1.165) is 10.6 Å². The smallest absolute Gasteiger partial charge is 0.272 e. The van der Waals surface area contributed by atoms with E-state index in [1.54, 1.807) is 24.3 Å². The second kappa shape index (κ2) is 6.88. The van der Waals surface area contributed by atoms with Gasteiger partial charge in [0.2, 0.25) is 5.91 Å². The molecule has 6 heteroatoms. The predicted molar refractivity (Wildman–Crippen MR) is 92.4 cm³/mol. The molecule has 0 spiro atoms. The summed E-state index contributed by atoms with van der Waals surface area (Å²) in [4.78, 5) is 36.4. The summed E-state index contributed by atoms with van der Waals surface area (Å²) in [6.45, 7) is 2.02. The Balaban J connectivity index is 1.56. The van der Waals surface area contributed by atoms with Crippen molar-refractivity contribution in [3.63, 3.8) is 0 Å². The summed E-state index contributed by atoms with van der Waals surface area (Å²) < 4.78 is 0. The highest BCUT2D eigenvalue weighted by atomic mass is 32.2. The molecular formula is C18H16N2O3S. The van der Waals surface area contributed by atoms with Crippen molar-refractivity contribution in [3.8, 4) is 0 Å². The fraction of sp³-hybridized carbons (Fsp3) is 0.167. The Labute approximate surface area is 144 Å². The van der Waals surface area contributed by atoms with Crippen LogP contribution in [0.1, 0.15) is 31.8 Å². The molecular weight excluding hydrogens is 324 g/mol. The first-order valence-corrected chi connectivity index (χ1v) is 8.63. The van der Waals surface area contributed by atoms with Gasteiger partial charge in [0.25, 0.3) is 11.8 Å². The van der Waals surface area contributed by atoms with E-state index < -0.39 is 11.8 Å². The number of nitrogens with one attached hydrogen (secondary N) is 1. The van der Waals surface area contributed by atoms with Crippen molar-refractivity contribution in [2.75, 3.05) is 5.75 Å². The number of carbonyl (C=O) groups is 3. The van der Waals surface area contributed by atoms with E-state index in [1.165, 1.54) is 17.3 Å². The molecule has 1 heterocycles. The topological polar surface area (TPSA) is 66.5 Å². The van der Waals surface area contributed by atoms with Gasteiger partial charge in [0.05, 0.1) is 16.9 Å². The van der Waals surface area contributed by atoms with Crippen LogP contribution in [0.15, 0.2) is 48.5 Å². The standard InChI is InChI=1S/C18H16N2O3S/c1-12-6-2-3-7-13(12)10-24-11-16(21)19-20-17(22)14-8-4-5-9-15(14)18(20)23/h2-9H,10-11H2,1H3,(H,19,21). The number of carbonyl (C=O) groups excluding carboxylic acids is 3. The number of aryl methyl sites for hydroxylation is 1. The third kappa shape index (κ3) is 3.19. The van der Waals surface area contributed by atoms with Gasteiger partial charge in [-0.15, -0.1) is 11.8 Å². The van der Waals surface area contributed by atoms with Gasteiger partial charge in [-0.05, 0) is 30.2 Å². The van der Waals surface area contributed by atoms with E-state index in [4.69, 9.17) is 0 Å². The molecule has 24 heavy (non-hydrogen) atoms. The van der Waals surface area contributed by atoms with Gasteiger partial charge in [0, 0.05) is 5.75 Å². The highest BCUT2D eigenvalue weighted by Gasteiger charge is 2.36. The number of benzene rings is 2. The first-order valence-electron chi connectivity index (χ1n) is 7.47. The van der Waals surface area contributed by atoms with Crippen molar-refractivity contribution in [2.45, 2.75) is 12.7 Å². The third-order valence-electron chi connectivity index (χ3n) is 3.78. The van der Waals surface area contributed by atoms with Crippen LogP contribution < -0.4 is 5.43 Å². The largest absolute Gasteiger partial charge is 0.280 e. The van der Waals surface area contributed by atoms with Crippen molar-refractivity contribution in [3.05, 3.63) is 70.8 Å². The fourth-order valence-electron chi connectivity index (χ4n) is 2.47. The Kier molecular flexibility index (Phi) is 4.66. The van der Waals surface area contributed by atoms with E-state index in [0.29, 0.717) is 16.9 Å². The molecule has 0 saturated heterocycles. The second-order valence-electron chi connectivity index (χ2n) is 5.45. The summed E-state index contributed by atoms with van der Waals surface area (Å²) in [6, 6.07) is 14.5. The maximum absolute atomic E-state index is 12.2. The monoisotopic (exact) mass is 340 g/mol. The second-order valence-corrected chi connectivity index (χ2v) is 6.43. The Hall–Kier alpha value is -2.60. The van der Waals surface area contributed by atoms with Crippen LogP contribution >= 0.6 is 11.8 Å². The van der Waals surface area contributed by atoms with Gasteiger partial charge in [-0.1, -0.05) is 36.4 Å². The molecule has 0 fully saturated rings. The molecule has 5 nitrogen and oxygen atoms in total. The fourth-order valence-corrected chi connectivity index (χ4v) is 3.37. The van der Waals surface area contributed by atoms with Gasteiger partial charge < -0.3 is 0 Å². The zero-order valence-corrected chi connectivity index (χ0v) is 13.9. The minimum absolute atomic E-state index is 0.168. The number of nitrogens with zero attached hydrogens (tertiary/aromatic N) is 1. The van der Waals surface area contributed by atoms with Gasteiger partial charge in [-0.25, -0.2) is 0 Å². The quantitative estimate of drug-likeness (QED) is 0.850. The predicted octanol–water partition coefficient (Wildman–Crippen LogP) is 2.56. The van der Waals surface area contributed by atoms with Gasteiger partial charge in [-0.3, -0.25) is 19.8 Å². The summed E-state index contributed by atoms with van der Waals surface area (Å²) in [5, 5.41) is 0.793. The first kappa shape index (κ1) is 16.3. The molecule has 2 aromatic carbocycles. The van der Waals surface area contributed by atoms with Crippen molar-refractivity contribution in [1.29, 1.82) is 0 Å². The lowest BCUT2D eigenvalue weighted by atomic mass is 10.1. The number of thioether (sulfide) groups is 1. The van der Waals surface area contributed by atoms with E-state index >= 15 is 0 Å². The molecule has 1 aliphatic heterocycles. The Morgan fingerprint density at radius 3 is 2.21 bits per heavy atom. The van der Waals surface area contributed by atoms with Crippen molar-refractivity contribution in [2.24, 2.45) is 0 Å². The SMILES string of the molecule is Cc1ccccc1CSCC(=O)NN1C(=O)c2ccccc2C1=O. The first-order chi connectivity index (χ1) is 11.6. The summed E-state index contributed by atoms with van der Waals surface area (Å²) in [7, 11) is 0. The number of hydrazine groups is 1. The third-order valence-corrected chi connectivity index (χ3v) is 4.76. The summed E-state index contributed by atoms with van der Waals surface area (Å²) >= 11 is 1.44. The molecule has 3 rings (SSSR count). The average molecular weight is 340 g/mol. The van der Waals surface area contributed by atoms with E-state index in [-0.39, 0.29) is 11.7 Å². The van der Waals surface area contributed by atoms with E-state index in [1.807, 2.05) is 31.2 Å². The van der Waals surface area contributed by atoms with Gasteiger partial charge in [-0.2, -0.15) is 5.01 Å². The summed E-state index contributed by atoms with van der Waals surface area (Å²) in [5.41, 5.74) is 5.37. The molecule has 1 N–H and O–H groups in total. The summed E-state index contributed by atoms with van der Waals surface area (Å²) in [5.74, 6) is -0.493. The van der Waals surface area contributed by atoms with Crippen LogP contribution in [-0.2, 0) is 10.5 Å². The molecule has 0 bridgehead atoms. The minimum Gasteiger partial charge on any atom is -0.272 e. The molecule has 3 amide bonds. The number of imide groups is 1. The van der Waals surface area contributed by atoms with Crippen LogP contribution in [0.3, 0.4) is 0 Å². The van der Waals surface area contributed by atoms with Crippen LogP contribution in [0.25, 0.3) is 0 Å². The molecule has 0 aromatic heterocycles. The zero-order valence-electron chi connectivity index (χ0n) is 13.1. The molecule has 122 valence electrons. The van der Waals surface area contributed by atoms with E-state index in [9.17, 15) is 14.4 Å². The van der Waals surface area contributed by atoms with Crippen LogP contribution in [0.5, 0.6) is 0 Å². The molecule has 0 saturated carbocycles. The highest BCUT2D eigenvalue weighted by Crippen LogP contribution is 2.21. The number of amides is 3. The zero-order chi connectivity index (χ0) is 17.1. The lowest BCUT2D eigenvalue weighted by Gasteiger charge is -2.14. The molecule has 0 aliphatic carbocycles. The van der Waals surface area contributed by atoms with Gasteiger partial charge in [0.15, 0.2) is 0 Å². The molecule has 1 aliphatic rings. The van der Waals surface area contributed by atoms with Crippen molar-refractivity contribution < 1.29 is 14.4 Å². The lowest BCUT2D eigenvalue weighted by molar-refractivity contribution is -0.121. The number of rotatable bonds is 5. The summed E-state index contributed by atoms with van der Waals surface area (Å²) in [6.07, 6.45) is 0. The van der Waals surface area contributed by atoms with Crippen LogP contribution in [-0.4, -0.2) is 28.5 Å². The Morgan fingerprint density at radius 1 is 1.00 bits per heavy atom. The number of fused-ring (bicyclic) bond motifs is 1. The molecule has 0 radical (unpaired) electrons. The molecule has 0 unspecified atom stereocenters. The number of hydrogen-bond donors (Lipinski definition) is 1. The van der Waals surface area contributed by atoms with Crippen molar-refractivity contribution in [1.82, 2.24) is 10.4 Å². The Bertz CT molecular complexity index is 784. The van der Waals surface area contributed by atoms with Gasteiger partial charge in [0.1, 0.15) is 0 Å². The normalized spacial score (nSPS) is 13.1. The van der Waals surface area contributed by atoms with Gasteiger partial charge >= 0.3 is 0 Å². The maximum Gasteiger partial charge on any atom is 0.280 e. The maximum atomic E-state index is 12.2. The van der Waals surface area contributed by atoms with Crippen LogP contribution in [0.4, 0.5) is 0 Å². The van der Waals surface area contributed by atoms with Crippen LogP contribution in [0, 0.1) is 6.92 Å². The lowest BCUT2D eigenvalue weighted by Crippen LogP contribution is -2.46. The average Bonchev–Trinajstić information content (AvgIpc) is 2.82. The minimum atomic E-state index is -0.493. The van der Waals surface area contributed by atoms with Crippen LogP contribution in [0.2, 0.25) is 0 Å². The molecule has 2 aromatic rings. The highest BCUT2D eigenvalue weighted by molar-refractivity contribution is 7.99. The Morgan fingerprint density at radius 2 is 1.58 bits per heavy atom. The van der Waals surface area contributed by atoms with Crippen molar-refractivity contribution >= 4 is 29.5 Å². The number of hydrogen-bond acceptors (Lipinski definition) is 4. The molecule has 0 atom stereocenters.